The minimum Gasteiger partial charge on any atom is -0.479 e. The summed E-state index contributed by atoms with van der Waals surface area (Å²) in [6.45, 7) is 0. The predicted molar refractivity (Wildman–Crippen MR) is 110 cm³/mol. The number of benzene rings is 2. The van der Waals surface area contributed by atoms with Gasteiger partial charge in [0, 0.05) is 29.6 Å². The summed E-state index contributed by atoms with van der Waals surface area (Å²) >= 11 is 5.68. The molecular weight excluding hydrogens is 434 g/mol. The summed E-state index contributed by atoms with van der Waals surface area (Å²) in [4.78, 5) is 34.4. The number of rotatable bonds is 8. The van der Waals surface area contributed by atoms with Gasteiger partial charge in [0.15, 0.2) is 6.17 Å². The van der Waals surface area contributed by atoms with E-state index in [1.807, 2.05) is 0 Å². The molecule has 0 aliphatic heterocycles. The molecule has 162 valence electrons. The quantitative estimate of drug-likeness (QED) is 0.455. The SMILES string of the molecule is NC(=O)c1cc(F)cc2cn(-c3ccc(NC(=O)C(CCl)CC(F)C(=O)O)cc3)nc12. The van der Waals surface area contributed by atoms with Crippen LogP contribution in [0.4, 0.5) is 14.5 Å². The number of hydrogen-bond donors (Lipinski definition) is 3. The van der Waals surface area contributed by atoms with Crippen molar-refractivity contribution in [2.24, 2.45) is 11.7 Å². The van der Waals surface area contributed by atoms with Gasteiger partial charge in [-0.05, 0) is 36.4 Å². The third kappa shape index (κ3) is 4.97. The Kier molecular flexibility index (Phi) is 6.50. The molecule has 3 aromatic rings. The number of nitrogens with zero attached hydrogens (tertiary/aromatic N) is 2. The van der Waals surface area contributed by atoms with Gasteiger partial charge in [0.05, 0.1) is 17.2 Å². The van der Waals surface area contributed by atoms with Gasteiger partial charge < -0.3 is 16.2 Å². The predicted octanol–water partition coefficient (Wildman–Crippen LogP) is 2.87. The van der Waals surface area contributed by atoms with E-state index in [0.29, 0.717) is 16.8 Å². The molecule has 4 N–H and O–H groups in total. The Labute approximate surface area is 179 Å². The molecule has 0 fully saturated rings. The van der Waals surface area contributed by atoms with Gasteiger partial charge in [-0.3, -0.25) is 9.59 Å². The number of aliphatic carboxylic acids is 1. The standard InChI is InChI=1S/C20H17ClF2N4O4/c21-8-10(6-16(23)20(30)31)19(29)25-13-1-3-14(4-2-13)27-9-11-5-12(22)7-15(18(24)28)17(11)26-27/h1-5,7,9-10,16H,6,8H2,(H2,24,28)(H,25,29)(H,30,31). The first-order valence-electron chi connectivity index (χ1n) is 9.02. The number of carboxylic acid groups (broad SMARTS) is 1. The fraction of sp³-hybridized carbons (Fsp3) is 0.200. The van der Waals surface area contributed by atoms with E-state index in [9.17, 15) is 23.2 Å². The van der Waals surface area contributed by atoms with Crippen LogP contribution in [0.25, 0.3) is 16.6 Å². The van der Waals surface area contributed by atoms with E-state index in [1.165, 1.54) is 16.9 Å². The minimum atomic E-state index is -2.19. The van der Waals surface area contributed by atoms with Crippen LogP contribution in [0.2, 0.25) is 0 Å². The molecule has 0 saturated heterocycles. The number of alkyl halides is 2. The molecule has 2 amide bonds. The number of carboxylic acids is 1. The number of nitrogens with two attached hydrogens (primary N) is 1. The fourth-order valence-electron chi connectivity index (χ4n) is 2.95. The summed E-state index contributed by atoms with van der Waals surface area (Å²) in [5.74, 6) is -4.95. The van der Waals surface area contributed by atoms with Gasteiger partial charge in [-0.15, -0.1) is 11.6 Å². The molecule has 0 bridgehead atoms. The molecule has 31 heavy (non-hydrogen) atoms. The maximum Gasteiger partial charge on any atom is 0.338 e. The van der Waals surface area contributed by atoms with Crippen LogP contribution in [0.3, 0.4) is 0 Å². The summed E-state index contributed by atoms with van der Waals surface area (Å²) in [6, 6.07) is 8.54. The molecule has 3 rings (SSSR count). The largest absolute Gasteiger partial charge is 0.479 e. The van der Waals surface area contributed by atoms with E-state index >= 15 is 0 Å². The second-order valence-corrected chi connectivity index (χ2v) is 7.07. The second kappa shape index (κ2) is 9.09. The normalized spacial score (nSPS) is 13.0. The summed E-state index contributed by atoms with van der Waals surface area (Å²) < 4.78 is 28.5. The minimum absolute atomic E-state index is 0.0442. The van der Waals surface area contributed by atoms with E-state index in [-0.39, 0.29) is 17.0 Å². The van der Waals surface area contributed by atoms with E-state index in [0.717, 1.165) is 6.07 Å². The summed E-state index contributed by atoms with van der Waals surface area (Å²) in [5, 5.41) is 15.9. The van der Waals surface area contributed by atoms with Gasteiger partial charge >= 0.3 is 5.97 Å². The van der Waals surface area contributed by atoms with Crippen molar-refractivity contribution in [3.63, 3.8) is 0 Å². The van der Waals surface area contributed by atoms with Crippen LogP contribution in [-0.2, 0) is 9.59 Å². The average molecular weight is 451 g/mol. The van der Waals surface area contributed by atoms with E-state index < -0.39 is 42.1 Å². The van der Waals surface area contributed by atoms with Crippen LogP contribution in [0.1, 0.15) is 16.8 Å². The first kappa shape index (κ1) is 22.2. The topological polar surface area (TPSA) is 127 Å². The highest BCUT2D eigenvalue weighted by atomic mass is 35.5. The number of halogens is 3. The molecule has 0 saturated carbocycles. The van der Waals surface area contributed by atoms with Crippen molar-refractivity contribution in [2.45, 2.75) is 12.6 Å². The lowest BCUT2D eigenvalue weighted by Crippen LogP contribution is -2.29. The molecule has 0 aliphatic rings. The van der Waals surface area contributed by atoms with Crippen LogP contribution in [0.15, 0.2) is 42.6 Å². The Morgan fingerprint density at radius 2 is 1.90 bits per heavy atom. The van der Waals surface area contributed by atoms with Crippen LogP contribution in [-0.4, -0.2) is 44.7 Å². The summed E-state index contributed by atoms with van der Waals surface area (Å²) in [5.41, 5.74) is 6.41. The Bertz CT molecular complexity index is 1150. The van der Waals surface area contributed by atoms with Crippen LogP contribution in [0.5, 0.6) is 0 Å². The van der Waals surface area contributed by atoms with Gasteiger partial charge in [-0.25, -0.2) is 18.3 Å². The lowest BCUT2D eigenvalue weighted by atomic mass is 10.0. The number of hydrogen-bond acceptors (Lipinski definition) is 4. The monoisotopic (exact) mass is 450 g/mol. The Morgan fingerprint density at radius 3 is 2.48 bits per heavy atom. The molecule has 2 unspecified atom stereocenters. The first-order chi connectivity index (χ1) is 14.7. The zero-order chi connectivity index (χ0) is 22.7. The van der Waals surface area contributed by atoms with Crippen molar-refractivity contribution >= 4 is 46.0 Å². The van der Waals surface area contributed by atoms with Gasteiger partial charge in [0.2, 0.25) is 5.91 Å². The lowest BCUT2D eigenvalue weighted by Gasteiger charge is -2.15. The van der Waals surface area contributed by atoms with Crippen molar-refractivity contribution in [3.8, 4) is 5.69 Å². The lowest BCUT2D eigenvalue weighted by molar-refractivity contribution is -0.143. The Hall–Kier alpha value is -3.53. The smallest absolute Gasteiger partial charge is 0.338 e. The molecule has 0 radical (unpaired) electrons. The van der Waals surface area contributed by atoms with Gasteiger partial charge in [0.1, 0.15) is 11.3 Å². The zero-order valence-electron chi connectivity index (χ0n) is 15.9. The maximum absolute atomic E-state index is 13.7. The third-order valence-electron chi connectivity index (χ3n) is 4.55. The molecule has 2 atom stereocenters. The summed E-state index contributed by atoms with van der Waals surface area (Å²) in [6.07, 6.45) is -1.21. The number of carbonyl (C=O) groups excluding carboxylic acids is 2. The Balaban J connectivity index is 1.78. The first-order valence-corrected chi connectivity index (χ1v) is 9.56. The van der Waals surface area contributed by atoms with Crippen molar-refractivity contribution in [3.05, 3.63) is 54.0 Å². The third-order valence-corrected chi connectivity index (χ3v) is 4.93. The fourth-order valence-corrected chi connectivity index (χ4v) is 3.22. The van der Waals surface area contributed by atoms with Crippen LogP contribution < -0.4 is 11.1 Å². The highest BCUT2D eigenvalue weighted by Crippen LogP contribution is 2.22. The maximum atomic E-state index is 13.7. The van der Waals surface area contributed by atoms with Gasteiger partial charge in [-0.1, -0.05) is 0 Å². The second-order valence-electron chi connectivity index (χ2n) is 6.76. The number of aromatic nitrogens is 2. The average Bonchev–Trinajstić information content (AvgIpc) is 3.15. The zero-order valence-corrected chi connectivity index (χ0v) is 16.6. The number of carbonyl (C=O) groups is 3. The number of nitrogens with one attached hydrogen (secondary N) is 1. The molecule has 11 heteroatoms. The van der Waals surface area contributed by atoms with Gasteiger partial charge in [-0.2, -0.15) is 5.10 Å². The summed E-state index contributed by atoms with van der Waals surface area (Å²) in [7, 11) is 0. The highest BCUT2D eigenvalue weighted by Gasteiger charge is 2.26. The Morgan fingerprint density at radius 1 is 1.23 bits per heavy atom. The van der Waals surface area contributed by atoms with E-state index in [4.69, 9.17) is 22.4 Å². The highest BCUT2D eigenvalue weighted by molar-refractivity contribution is 6.19. The van der Waals surface area contributed by atoms with Crippen molar-refractivity contribution in [2.75, 3.05) is 11.2 Å². The molecule has 2 aromatic carbocycles. The number of anilines is 1. The number of primary amides is 1. The van der Waals surface area contributed by atoms with E-state index in [1.54, 1.807) is 24.3 Å². The van der Waals surface area contributed by atoms with Crippen molar-refractivity contribution < 1.29 is 28.3 Å². The molecule has 8 nitrogen and oxygen atoms in total. The molecule has 1 aromatic heterocycles. The number of fused-ring (bicyclic) bond motifs is 1. The van der Waals surface area contributed by atoms with Gasteiger partial charge in [0.25, 0.3) is 5.91 Å². The van der Waals surface area contributed by atoms with Crippen LogP contribution in [0, 0.1) is 11.7 Å². The van der Waals surface area contributed by atoms with E-state index in [2.05, 4.69) is 10.4 Å². The number of amides is 2. The molecular formula is C20H17ClF2N4O4. The van der Waals surface area contributed by atoms with Crippen LogP contribution >= 0.6 is 11.6 Å². The molecule has 0 spiro atoms. The van der Waals surface area contributed by atoms with Crippen molar-refractivity contribution in [1.82, 2.24) is 9.78 Å². The molecule has 0 aliphatic carbocycles. The van der Waals surface area contributed by atoms with Crippen molar-refractivity contribution in [1.29, 1.82) is 0 Å². The molecule has 1 heterocycles.